The lowest BCUT2D eigenvalue weighted by Gasteiger charge is -2.37. The molecular weight excluding hydrogens is 528 g/mol. The van der Waals surface area contributed by atoms with Gasteiger partial charge in [0.25, 0.3) is 5.91 Å². The highest BCUT2D eigenvalue weighted by atomic mass is 35.5. The van der Waals surface area contributed by atoms with Gasteiger partial charge in [0.15, 0.2) is 0 Å². The molecule has 2 amide bonds. The summed E-state index contributed by atoms with van der Waals surface area (Å²) in [5, 5.41) is 22.3. The van der Waals surface area contributed by atoms with Crippen LogP contribution in [0.1, 0.15) is 67.3 Å². The molecule has 8 nitrogen and oxygen atoms in total. The molecule has 2 saturated heterocycles. The summed E-state index contributed by atoms with van der Waals surface area (Å²) in [7, 11) is 0. The second-order valence-electron chi connectivity index (χ2n) is 11.2. The summed E-state index contributed by atoms with van der Waals surface area (Å²) in [6, 6.07) is 15.0. The molecular formula is C31H37ClN4O4. The number of hydrogen-bond acceptors (Lipinski definition) is 6. The van der Waals surface area contributed by atoms with Crippen LogP contribution in [-0.2, 0) is 4.79 Å². The van der Waals surface area contributed by atoms with Crippen molar-refractivity contribution in [2.24, 2.45) is 5.92 Å². The SMILES string of the molecule is N#Cc1ccc(OC2CCC(NC(=O)c3ccc(N4CCC(C(=O)N5CCC(O)CC5)CC4)cc3)CC2)cc1Cl. The van der Waals surface area contributed by atoms with Crippen molar-refractivity contribution in [1.29, 1.82) is 5.26 Å². The molecule has 2 aromatic carbocycles. The Morgan fingerprint density at radius 1 is 0.925 bits per heavy atom. The summed E-state index contributed by atoms with van der Waals surface area (Å²) < 4.78 is 6.06. The van der Waals surface area contributed by atoms with Crippen molar-refractivity contribution in [3.63, 3.8) is 0 Å². The number of amides is 2. The monoisotopic (exact) mass is 564 g/mol. The molecule has 0 atom stereocenters. The highest BCUT2D eigenvalue weighted by Gasteiger charge is 2.31. The van der Waals surface area contributed by atoms with Crippen molar-refractivity contribution < 1.29 is 19.4 Å². The molecule has 40 heavy (non-hydrogen) atoms. The first-order valence-electron chi connectivity index (χ1n) is 14.4. The number of ether oxygens (including phenoxy) is 1. The molecule has 0 unspecified atom stereocenters. The van der Waals surface area contributed by atoms with Crippen molar-refractivity contribution in [2.75, 3.05) is 31.1 Å². The minimum Gasteiger partial charge on any atom is -0.490 e. The smallest absolute Gasteiger partial charge is 0.251 e. The first-order chi connectivity index (χ1) is 19.4. The Balaban J connectivity index is 1.05. The first kappa shape index (κ1) is 28.3. The fourth-order valence-corrected chi connectivity index (χ4v) is 6.21. The fourth-order valence-electron chi connectivity index (χ4n) is 6.00. The third kappa shape index (κ3) is 6.89. The molecule has 0 radical (unpaired) electrons. The number of hydrogen-bond donors (Lipinski definition) is 2. The average molecular weight is 565 g/mol. The number of carbonyl (C=O) groups is 2. The van der Waals surface area contributed by atoms with Gasteiger partial charge in [0.2, 0.25) is 5.91 Å². The van der Waals surface area contributed by atoms with Gasteiger partial charge in [0.1, 0.15) is 11.8 Å². The van der Waals surface area contributed by atoms with Crippen LogP contribution in [0.15, 0.2) is 42.5 Å². The molecule has 1 aliphatic carbocycles. The number of anilines is 1. The van der Waals surface area contributed by atoms with Gasteiger partial charge in [-0.1, -0.05) is 11.6 Å². The molecule has 3 fully saturated rings. The average Bonchev–Trinajstić information content (AvgIpc) is 2.98. The lowest BCUT2D eigenvalue weighted by Crippen LogP contribution is -2.46. The van der Waals surface area contributed by atoms with Crippen LogP contribution in [0.5, 0.6) is 5.75 Å². The zero-order valence-corrected chi connectivity index (χ0v) is 23.5. The summed E-state index contributed by atoms with van der Waals surface area (Å²) in [4.78, 5) is 30.0. The van der Waals surface area contributed by atoms with E-state index < -0.39 is 0 Å². The summed E-state index contributed by atoms with van der Waals surface area (Å²) in [6.45, 7) is 2.95. The number of aliphatic hydroxyl groups excluding tert-OH is 1. The molecule has 3 aliphatic rings. The predicted octanol–water partition coefficient (Wildman–Crippen LogP) is 4.53. The summed E-state index contributed by atoms with van der Waals surface area (Å²) in [5.74, 6) is 0.887. The maximum atomic E-state index is 12.9. The number of nitrogens with zero attached hydrogens (tertiary/aromatic N) is 3. The van der Waals surface area contributed by atoms with Crippen LogP contribution < -0.4 is 15.0 Å². The molecule has 2 heterocycles. The normalized spacial score (nSPS) is 22.4. The van der Waals surface area contributed by atoms with E-state index in [9.17, 15) is 14.7 Å². The minimum absolute atomic E-state index is 0.0546. The topological polar surface area (TPSA) is 106 Å². The standard InChI is InChI=1S/C31H37ClN4O4/c32-29-19-28(8-3-23(29)20-33)40-27-9-4-24(5-10-27)34-30(38)21-1-6-25(7-2-21)35-15-11-22(12-16-35)31(39)36-17-13-26(37)14-18-36/h1-3,6-8,19,22,24,26-27,37H,4-5,9-18H2,(H,34,38). The molecule has 2 aromatic rings. The zero-order valence-electron chi connectivity index (χ0n) is 22.7. The quantitative estimate of drug-likeness (QED) is 0.534. The van der Waals surface area contributed by atoms with Crippen molar-refractivity contribution in [1.82, 2.24) is 10.2 Å². The Morgan fingerprint density at radius 2 is 1.60 bits per heavy atom. The van der Waals surface area contributed by atoms with Crippen LogP contribution in [0.4, 0.5) is 5.69 Å². The van der Waals surface area contributed by atoms with Gasteiger partial charge in [0.05, 0.1) is 22.8 Å². The van der Waals surface area contributed by atoms with Gasteiger partial charge in [0, 0.05) is 55.5 Å². The summed E-state index contributed by atoms with van der Waals surface area (Å²) >= 11 is 6.11. The molecule has 1 saturated carbocycles. The molecule has 212 valence electrons. The molecule has 9 heteroatoms. The number of carbonyl (C=O) groups excluding carboxylic acids is 2. The van der Waals surface area contributed by atoms with Crippen LogP contribution in [0, 0.1) is 17.2 Å². The van der Waals surface area contributed by atoms with Crippen LogP contribution in [-0.4, -0.2) is 66.2 Å². The first-order valence-corrected chi connectivity index (χ1v) is 14.8. The van der Waals surface area contributed by atoms with Gasteiger partial charge in [-0.2, -0.15) is 5.26 Å². The fraction of sp³-hybridized carbons (Fsp3) is 0.516. The molecule has 0 spiro atoms. The Morgan fingerprint density at radius 3 is 2.23 bits per heavy atom. The highest BCUT2D eigenvalue weighted by Crippen LogP contribution is 2.28. The van der Waals surface area contributed by atoms with Crippen LogP contribution in [0.2, 0.25) is 5.02 Å². The van der Waals surface area contributed by atoms with Gasteiger partial charge in [-0.25, -0.2) is 0 Å². The van der Waals surface area contributed by atoms with E-state index in [1.54, 1.807) is 18.2 Å². The Labute approximate surface area is 240 Å². The zero-order chi connectivity index (χ0) is 28.1. The van der Waals surface area contributed by atoms with Crippen LogP contribution >= 0.6 is 11.6 Å². The maximum absolute atomic E-state index is 12.9. The van der Waals surface area contributed by atoms with Gasteiger partial charge in [-0.3, -0.25) is 9.59 Å². The number of rotatable bonds is 6. The number of halogens is 1. The molecule has 0 aromatic heterocycles. The van der Waals surface area contributed by atoms with Gasteiger partial charge in [-0.15, -0.1) is 0 Å². The van der Waals surface area contributed by atoms with Gasteiger partial charge in [-0.05, 0) is 87.8 Å². The maximum Gasteiger partial charge on any atom is 0.251 e. The molecule has 2 N–H and O–H groups in total. The third-order valence-corrected chi connectivity index (χ3v) is 8.80. The summed E-state index contributed by atoms with van der Waals surface area (Å²) in [6.07, 6.45) is 6.13. The largest absolute Gasteiger partial charge is 0.490 e. The minimum atomic E-state index is -0.271. The van der Waals surface area contributed by atoms with E-state index in [2.05, 4.69) is 16.3 Å². The summed E-state index contributed by atoms with van der Waals surface area (Å²) in [5.41, 5.74) is 2.15. The van der Waals surface area contributed by atoms with E-state index >= 15 is 0 Å². The van der Waals surface area contributed by atoms with Gasteiger partial charge >= 0.3 is 0 Å². The number of nitrogens with one attached hydrogen (secondary N) is 1. The van der Waals surface area contributed by atoms with E-state index in [0.717, 1.165) is 57.3 Å². The van der Waals surface area contributed by atoms with E-state index in [-0.39, 0.29) is 36.0 Å². The number of benzene rings is 2. The number of nitriles is 1. The Bertz CT molecular complexity index is 1220. The van der Waals surface area contributed by atoms with E-state index in [0.29, 0.717) is 47.8 Å². The van der Waals surface area contributed by atoms with Crippen LogP contribution in [0.3, 0.4) is 0 Å². The second kappa shape index (κ2) is 12.9. The third-order valence-electron chi connectivity index (χ3n) is 8.49. The van der Waals surface area contributed by atoms with Crippen molar-refractivity contribution >= 4 is 29.1 Å². The molecule has 5 rings (SSSR count). The lowest BCUT2D eigenvalue weighted by atomic mass is 9.92. The van der Waals surface area contributed by atoms with Crippen molar-refractivity contribution in [3.05, 3.63) is 58.6 Å². The predicted molar refractivity (Wildman–Crippen MR) is 154 cm³/mol. The highest BCUT2D eigenvalue weighted by molar-refractivity contribution is 6.31. The van der Waals surface area contributed by atoms with Crippen molar-refractivity contribution in [2.45, 2.75) is 69.6 Å². The Hall–Kier alpha value is -3.28. The van der Waals surface area contributed by atoms with E-state index in [4.69, 9.17) is 21.6 Å². The van der Waals surface area contributed by atoms with Crippen LogP contribution in [0.25, 0.3) is 0 Å². The number of likely N-dealkylation sites (tertiary alicyclic amines) is 1. The number of aliphatic hydroxyl groups is 1. The lowest BCUT2D eigenvalue weighted by molar-refractivity contribution is -0.138. The van der Waals surface area contributed by atoms with Crippen molar-refractivity contribution in [3.8, 4) is 11.8 Å². The molecule has 0 bridgehead atoms. The number of piperidine rings is 2. The second-order valence-corrected chi connectivity index (χ2v) is 11.6. The van der Waals surface area contributed by atoms with E-state index in [1.165, 1.54) is 0 Å². The molecule has 2 aliphatic heterocycles. The van der Waals surface area contributed by atoms with Gasteiger partial charge < -0.3 is 25.0 Å². The van der Waals surface area contributed by atoms with E-state index in [1.807, 2.05) is 29.2 Å². The Kier molecular flexibility index (Phi) is 9.13.